The summed E-state index contributed by atoms with van der Waals surface area (Å²) in [5, 5.41) is 3.29. The van der Waals surface area contributed by atoms with Gasteiger partial charge in [0.15, 0.2) is 0 Å². The van der Waals surface area contributed by atoms with Crippen molar-refractivity contribution in [1.29, 1.82) is 0 Å². The normalized spacial score (nSPS) is 12.2. The Labute approximate surface area is 236 Å². The lowest BCUT2D eigenvalue weighted by Gasteiger charge is -2.32. The van der Waals surface area contributed by atoms with Crippen LogP contribution in [0.4, 0.5) is 5.69 Å². The van der Waals surface area contributed by atoms with Gasteiger partial charge in [-0.25, -0.2) is 8.42 Å². The molecule has 2 amide bonds. The van der Waals surface area contributed by atoms with Crippen LogP contribution in [-0.4, -0.2) is 44.3 Å². The van der Waals surface area contributed by atoms with Crippen LogP contribution in [0, 0.1) is 19.8 Å². The van der Waals surface area contributed by atoms with Gasteiger partial charge in [-0.1, -0.05) is 73.0 Å². The van der Waals surface area contributed by atoms with Gasteiger partial charge in [0.1, 0.15) is 12.6 Å². The third-order valence-electron chi connectivity index (χ3n) is 6.29. The number of carbonyl (C=O) groups excluding carboxylic acids is 2. The highest BCUT2D eigenvalue weighted by Crippen LogP contribution is 2.26. The Morgan fingerprint density at radius 3 is 2.13 bits per heavy atom. The van der Waals surface area contributed by atoms with Crippen molar-refractivity contribution in [2.45, 2.75) is 52.1 Å². The van der Waals surface area contributed by atoms with E-state index in [4.69, 9.17) is 11.6 Å². The van der Waals surface area contributed by atoms with Crippen molar-refractivity contribution in [3.05, 3.63) is 94.5 Å². The van der Waals surface area contributed by atoms with Gasteiger partial charge in [0.2, 0.25) is 11.8 Å². The summed E-state index contributed by atoms with van der Waals surface area (Å²) >= 11 is 5.99. The fourth-order valence-electron chi connectivity index (χ4n) is 4.02. The van der Waals surface area contributed by atoms with Crippen LogP contribution in [0.3, 0.4) is 0 Å². The van der Waals surface area contributed by atoms with E-state index in [0.717, 1.165) is 21.0 Å². The molecule has 0 saturated carbocycles. The highest BCUT2D eigenvalue weighted by Gasteiger charge is 2.32. The van der Waals surface area contributed by atoms with Crippen molar-refractivity contribution in [3.63, 3.8) is 0 Å². The van der Waals surface area contributed by atoms with E-state index in [9.17, 15) is 18.0 Å². The van der Waals surface area contributed by atoms with E-state index in [0.29, 0.717) is 17.3 Å². The molecule has 7 nitrogen and oxygen atoms in total. The van der Waals surface area contributed by atoms with Gasteiger partial charge in [0.05, 0.1) is 10.6 Å². The molecule has 0 spiro atoms. The molecular weight excluding hydrogens is 534 g/mol. The average molecular weight is 570 g/mol. The zero-order valence-electron chi connectivity index (χ0n) is 23.0. The third kappa shape index (κ3) is 8.07. The van der Waals surface area contributed by atoms with E-state index < -0.39 is 28.5 Å². The molecule has 0 saturated heterocycles. The maximum atomic E-state index is 13.9. The summed E-state index contributed by atoms with van der Waals surface area (Å²) in [4.78, 5) is 28.4. The number of halogens is 1. The number of sulfonamides is 1. The van der Waals surface area contributed by atoms with E-state index in [2.05, 4.69) is 5.32 Å². The lowest BCUT2D eigenvalue weighted by molar-refractivity contribution is -0.139. The van der Waals surface area contributed by atoms with Gasteiger partial charge in [0.25, 0.3) is 10.0 Å². The lowest BCUT2D eigenvalue weighted by atomic mass is 10.1. The summed E-state index contributed by atoms with van der Waals surface area (Å²) in [5.74, 6) is -0.558. The van der Waals surface area contributed by atoms with Gasteiger partial charge in [0, 0.05) is 18.1 Å². The molecule has 3 rings (SSSR count). The van der Waals surface area contributed by atoms with E-state index in [1.54, 1.807) is 31.2 Å². The minimum atomic E-state index is -4.13. The van der Waals surface area contributed by atoms with Crippen molar-refractivity contribution >= 4 is 39.1 Å². The highest BCUT2D eigenvalue weighted by molar-refractivity contribution is 7.92. The van der Waals surface area contributed by atoms with Crippen molar-refractivity contribution in [1.82, 2.24) is 10.2 Å². The zero-order valence-corrected chi connectivity index (χ0v) is 24.6. The van der Waals surface area contributed by atoms with E-state index in [1.165, 1.54) is 29.2 Å². The number of hydrogen-bond donors (Lipinski definition) is 1. The van der Waals surface area contributed by atoms with Gasteiger partial charge < -0.3 is 10.2 Å². The lowest BCUT2D eigenvalue weighted by Crippen LogP contribution is -2.51. The molecule has 0 aliphatic carbocycles. The number of amides is 2. The molecule has 0 aliphatic rings. The molecule has 39 heavy (non-hydrogen) atoms. The number of rotatable bonds is 11. The number of aryl methyl sites for hydroxylation is 2. The molecule has 0 radical (unpaired) electrons. The molecule has 3 aromatic carbocycles. The summed E-state index contributed by atoms with van der Waals surface area (Å²) in [6, 6.07) is 19.6. The molecule has 0 heterocycles. The number of nitrogens with one attached hydrogen (secondary N) is 1. The quantitative estimate of drug-likeness (QED) is 0.338. The summed E-state index contributed by atoms with van der Waals surface area (Å²) in [6.45, 7) is 9.62. The van der Waals surface area contributed by atoms with Gasteiger partial charge in [-0.3, -0.25) is 13.9 Å². The smallest absolute Gasteiger partial charge is 0.264 e. The Morgan fingerprint density at radius 1 is 0.897 bits per heavy atom. The van der Waals surface area contributed by atoms with Gasteiger partial charge in [-0.15, -0.1) is 0 Å². The topological polar surface area (TPSA) is 86.8 Å². The van der Waals surface area contributed by atoms with Crippen molar-refractivity contribution < 1.29 is 18.0 Å². The van der Waals surface area contributed by atoms with E-state index in [1.807, 2.05) is 52.0 Å². The largest absolute Gasteiger partial charge is 0.354 e. The molecule has 1 atom stereocenters. The van der Waals surface area contributed by atoms with Crippen molar-refractivity contribution in [3.8, 4) is 0 Å². The first-order valence-corrected chi connectivity index (χ1v) is 14.7. The van der Waals surface area contributed by atoms with Crippen molar-refractivity contribution in [2.24, 2.45) is 5.92 Å². The monoisotopic (exact) mass is 569 g/mol. The van der Waals surface area contributed by atoms with E-state index >= 15 is 0 Å². The number of anilines is 1. The Bertz CT molecular complexity index is 1390. The number of nitrogens with zero attached hydrogens (tertiary/aromatic N) is 2. The Hall–Kier alpha value is -3.36. The second-order valence-corrected chi connectivity index (χ2v) is 12.4. The van der Waals surface area contributed by atoms with Crippen molar-refractivity contribution in [2.75, 3.05) is 17.4 Å². The van der Waals surface area contributed by atoms with Crippen LogP contribution in [0.5, 0.6) is 0 Å². The third-order valence-corrected chi connectivity index (χ3v) is 8.33. The first-order valence-electron chi connectivity index (χ1n) is 12.9. The fourth-order valence-corrected chi connectivity index (χ4v) is 5.56. The van der Waals surface area contributed by atoms with Gasteiger partial charge in [-0.2, -0.15) is 0 Å². The molecule has 208 valence electrons. The zero-order chi connectivity index (χ0) is 28.7. The Morgan fingerprint density at radius 2 is 1.54 bits per heavy atom. The summed E-state index contributed by atoms with van der Waals surface area (Å²) < 4.78 is 28.7. The van der Waals surface area contributed by atoms with Crippen LogP contribution in [0.2, 0.25) is 5.02 Å². The van der Waals surface area contributed by atoms with Crippen LogP contribution >= 0.6 is 11.6 Å². The summed E-state index contributed by atoms with van der Waals surface area (Å²) in [6.07, 6.45) is 0. The summed E-state index contributed by atoms with van der Waals surface area (Å²) in [5.41, 5.74) is 3.15. The molecule has 1 N–H and O–H groups in total. The first kappa shape index (κ1) is 30.2. The highest BCUT2D eigenvalue weighted by atomic mass is 35.5. The maximum absolute atomic E-state index is 13.9. The molecule has 3 aromatic rings. The fraction of sp³-hybridized carbons (Fsp3) is 0.333. The molecular formula is C30H36ClN3O4S. The molecule has 9 heteroatoms. The van der Waals surface area contributed by atoms with Crippen LogP contribution in [0.1, 0.15) is 37.5 Å². The molecule has 0 fully saturated rings. The summed E-state index contributed by atoms with van der Waals surface area (Å²) in [7, 11) is -4.13. The molecule has 0 unspecified atom stereocenters. The van der Waals surface area contributed by atoms with E-state index in [-0.39, 0.29) is 23.3 Å². The Kier molecular flexibility index (Phi) is 10.2. The predicted octanol–water partition coefficient (Wildman–Crippen LogP) is 5.34. The minimum absolute atomic E-state index is 0.00762. The van der Waals surface area contributed by atoms with Crippen LogP contribution in [0.15, 0.2) is 77.7 Å². The second kappa shape index (κ2) is 13.1. The predicted molar refractivity (Wildman–Crippen MR) is 156 cm³/mol. The first-order chi connectivity index (χ1) is 18.4. The van der Waals surface area contributed by atoms with Crippen LogP contribution < -0.4 is 9.62 Å². The standard InChI is InChI=1S/C30H36ClN3O4S/c1-21(2)18-32-30(36)24(5)33(19-25-8-6-7-23(4)17-25)29(35)20-34(27-13-9-22(3)10-14-27)39(37,38)28-15-11-26(31)12-16-28/h6-17,21,24H,18-20H2,1-5H3,(H,32,36)/t24-/m0/s1. The second-order valence-electron chi connectivity index (χ2n) is 10.1. The SMILES string of the molecule is Cc1ccc(N(CC(=O)N(Cc2cccc(C)c2)[C@@H](C)C(=O)NCC(C)C)S(=O)(=O)c2ccc(Cl)cc2)cc1. The van der Waals surface area contributed by atoms with Crippen LogP contribution in [0.25, 0.3) is 0 Å². The molecule has 0 aliphatic heterocycles. The van der Waals surface area contributed by atoms with Crippen LogP contribution in [-0.2, 0) is 26.2 Å². The number of hydrogen-bond acceptors (Lipinski definition) is 4. The number of carbonyl (C=O) groups is 2. The number of benzene rings is 3. The minimum Gasteiger partial charge on any atom is -0.354 e. The maximum Gasteiger partial charge on any atom is 0.264 e. The van der Waals surface area contributed by atoms with Gasteiger partial charge >= 0.3 is 0 Å². The average Bonchev–Trinajstić information content (AvgIpc) is 2.89. The van der Waals surface area contributed by atoms with Gasteiger partial charge in [-0.05, 0) is 68.7 Å². The molecule has 0 aromatic heterocycles. The molecule has 0 bridgehead atoms. The Balaban J connectivity index is 2.01.